The van der Waals surface area contributed by atoms with Gasteiger partial charge in [0, 0.05) is 25.2 Å². The third-order valence-electron chi connectivity index (χ3n) is 3.39. The molecule has 2 N–H and O–H groups in total. The zero-order chi connectivity index (χ0) is 13.8. The number of halogens is 1. The first-order valence-corrected chi connectivity index (χ1v) is 6.55. The highest BCUT2D eigenvalue weighted by molar-refractivity contribution is 5.94. The summed E-state index contributed by atoms with van der Waals surface area (Å²) in [6.45, 7) is 3.17. The smallest absolute Gasteiger partial charge is 0.246 e. The van der Waals surface area contributed by atoms with Crippen molar-refractivity contribution in [3.63, 3.8) is 0 Å². The fourth-order valence-electron chi connectivity index (χ4n) is 2.30. The van der Waals surface area contributed by atoms with Crippen LogP contribution in [0.1, 0.15) is 25.3 Å². The predicted octanol–water partition coefficient (Wildman–Crippen LogP) is 2.18. The van der Waals surface area contributed by atoms with Gasteiger partial charge in [-0.2, -0.15) is 0 Å². The molecule has 1 aromatic carbocycles. The fraction of sp³-hybridized carbons (Fsp3) is 0.400. The highest BCUT2D eigenvalue weighted by atomic mass is 19.1. The van der Waals surface area contributed by atoms with Crippen LogP contribution in [0.5, 0.6) is 0 Å². The van der Waals surface area contributed by atoms with Gasteiger partial charge in [0.2, 0.25) is 5.91 Å². The normalized spacial score (nSPS) is 20.5. The molecule has 19 heavy (non-hydrogen) atoms. The van der Waals surface area contributed by atoms with E-state index in [9.17, 15) is 9.18 Å². The number of nitrogens with two attached hydrogens (primary N) is 1. The second kappa shape index (κ2) is 5.97. The van der Waals surface area contributed by atoms with Crippen molar-refractivity contribution in [2.45, 2.75) is 25.8 Å². The van der Waals surface area contributed by atoms with E-state index in [0.717, 1.165) is 30.5 Å². The lowest BCUT2D eigenvalue weighted by molar-refractivity contribution is -0.127. The molecular weight excluding hydrogens is 243 g/mol. The van der Waals surface area contributed by atoms with Gasteiger partial charge in [-0.25, -0.2) is 4.39 Å². The lowest BCUT2D eigenvalue weighted by Crippen LogP contribution is -2.45. The van der Waals surface area contributed by atoms with Crippen molar-refractivity contribution in [3.05, 3.63) is 41.7 Å². The van der Waals surface area contributed by atoms with Gasteiger partial charge < -0.3 is 10.6 Å². The molecule has 0 saturated carbocycles. The number of rotatable bonds is 2. The first-order valence-electron chi connectivity index (χ1n) is 6.55. The van der Waals surface area contributed by atoms with E-state index >= 15 is 0 Å². The van der Waals surface area contributed by atoms with Crippen LogP contribution in [0.2, 0.25) is 0 Å². The van der Waals surface area contributed by atoms with E-state index in [-0.39, 0.29) is 17.8 Å². The number of amides is 1. The van der Waals surface area contributed by atoms with Gasteiger partial charge in [0.25, 0.3) is 0 Å². The molecule has 1 saturated heterocycles. The highest BCUT2D eigenvalue weighted by Crippen LogP contribution is 2.16. The van der Waals surface area contributed by atoms with Crippen molar-refractivity contribution in [2.75, 3.05) is 13.1 Å². The first-order chi connectivity index (χ1) is 9.06. The van der Waals surface area contributed by atoms with Gasteiger partial charge in [-0.05, 0) is 43.0 Å². The number of piperidine rings is 1. The van der Waals surface area contributed by atoms with E-state index in [1.54, 1.807) is 23.1 Å². The van der Waals surface area contributed by atoms with Crippen LogP contribution in [0, 0.1) is 5.82 Å². The third-order valence-corrected chi connectivity index (χ3v) is 3.39. The van der Waals surface area contributed by atoms with Crippen molar-refractivity contribution in [1.29, 1.82) is 0 Å². The van der Waals surface area contributed by atoms with E-state index in [1.807, 2.05) is 6.92 Å². The molecule has 1 aromatic rings. The lowest BCUT2D eigenvalue weighted by Gasteiger charge is -2.30. The van der Waals surface area contributed by atoms with E-state index in [4.69, 9.17) is 5.73 Å². The Labute approximate surface area is 112 Å². The molecule has 4 heteroatoms. The molecule has 1 unspecified atom stereocenters. The van der Waals surface area contributed by atoms with Crippen LogP contribution < -0.4 is 5.73 Å². The van der Waals surface area contributed by atoms with Crippen LogP contribution in [0.15, 0.2) is 30.3 Å². The second-order valence-corrected chi connectivity index (χ2v) is 5.02. The molecule has 1 aliphatic rings. The average molecular weight is 262 g/mol. The van der Waals surface area contributed by atoms with Crippen LogP contribution in [0.25, 0.3) is 5.57 Å². The molecule has 3 nitrogen and oxygen atoms in total. The van der Waals surface area contributed by atoms with Crippen LogP contribution in [0.4, 0.5) is 4.39 Å². The SMILES string of the molecule is C/C(=C/C(=O)N1CCCC(N)C1)c1cccc(F)c1. The standard InChI is InChI=1S/C15H19FN2O/c1-11(12-4-2-5-13(16)9-12)8-15(19)18-7-3-6-14(17)10-18/h2,4-5,8-9,14H,3,6-7,10,17H2,1H3/b11-8-. The number of hydrogen-bond acceptors (Lipinski definition) is 2. The lowest BCUT2D eigenvalue weighted by atomic mass is 10.0. The Morgan fingerprint density at radius 2 is 2.32 bits per heavy atom. The summed E-state index contributed by atoms with van der Waals surface area (Å²) in [6.07, 6.45) is 3.48. The number of carbonyl (C=O) groups is 1. The van der Waals surface area contributed by atoms with Crippen molar-refractivity contribution >= 4 is 11.5 Å². The molecule has 1 atom stereocenters. The average Bonchev–Trinajstić information content (AvgIpc) is 2.38. The molecule has 1 fully saturated rings. The summed E-state index contributed by atoms with van der Waals surface area (Å²) in [4.78, 5) is 13.9. The molecule has 1 heterocycles. The van der Waals surface area contributed by atoms with Gasteiger partial charge in [-0.3, -0.25) is 4.79 Å². The Bertz CT molecular complexity index is 499. The molecule has 0 bridgehead atoms. The first kappa shape index (κ1) is 13.7. The monoisotopic (exact) mass is 262 g/mol. The Morgan fingerprint density at radius 3 is 3.00 bits per heavy atom. The summed E-state index contributed by atoms with van der Waals surface area (Å²) < 4.78 is 13.1. The maximum Gasteiger partial charge on any atom is 0.246 e. The highest BCUT2D eigenvalue weighted by Gasteiger charge is 2.19. The maximum atomic E-state index is 13.1. The number of carbonyl (C=O) groups excluding carboxylic acids is 1. The summed E-state index contributed by atoms with van der Waals surface area (Å²) in [5.41, 5.74) is 7.36. The van der Waals surface area contributed by atoms with Crippen molar-refractivity contribution < 1.29 is 9.18 Å². The van der Waals surface area contributed by atoms with Gasteiger partial charge in [-0.15, -0.1) is 0 Å². The molecular formula is C15H19FN2O. The number of allylic oxidation sites excluding steroid dienone is 1. The van der Waals surface area contributed by atoms with Crippen LogP contribution in [-0.4, -0.2) is 29.9 Å². The minimum absolute atomic E-state index is 0.0445. The fourth-order valence-corrected chi connectivity index (χ4v) is 2.30. The van der Waals surface area contributed by atoms with Gasteiger partial charge >= 0.3 is 0 Å². The number of benzene rings is 1. The zero-order valence-electron chi connectivity index (χ0n) is 11.1. The molecule has 0 spiro atoms. The molecule has 1 amide bonds. The Balaban J connectivity index is 2.09. The molecule has 0 aromatic heterocycles. The van der Waals surface area contributed by atoms with Crippen LogP contribution in [0.3, 0.4) is 0 Å². The summed E-state index contributed by atoms with van der Waals surface area (Å²) >= 11 is 0. The van der Waals surface area contributed by atoms with E-state index < -0.39 is 0 Å². The number of likely N-dealkylation sites (tertiary alicyclic amines) is 1. The summed E-state index contributed by atoms with van der Waals surface area (Å²) in [5.74, 6) is -0.338. The zero-order valence-corrected chi connectivity index (χ0v) is 11.1. The molecule has 0 aliphatic carbocycles. The molecule has 102 valence electrons. The third kappa shape index (κ3) is 3.64. The van der Waals surface area contributed by atoms with Gasteiger partial charge in [0.15, 0.2) is 0 Å². The van der Waals surface area contributed by atoms with Crippen LogP contribution in [-0.2, 0) is 4.79 Å². The van der Waals surface area contributed by atoms with Gasteiger partial charge in [-0.1, -0.05) is 12.1 Å². The van der Waals surface area contributed by atoms with Gasteiger partial charge in [0.1, 0.15) is 5.82 Å². The minimum atomic E-state index is -0.294. The van der Waals surface area contributed by atoms with E-state index in [0.29, 0.717) is 6.54 Å². The predicted molar refractivity (Wildman–Crippen MR) is 73.8 cm³/mol. The van der Waals surface area contributed by atoms with E-state index in [1.165, 1.54) is 12.1 Å². The van der Waals surface area contributed by atoms with Crippen molar-refractivity contribution in [3.8, 4) is 0 Å². The number of hydrogen-bond donors (Lipinski definition) is 1. The van der Waals surface area contributed by atoms with E-state index in [2.05, 4.69) is 0 Å². The summed E-state index contributed by atoms with van der Waals surface area (Å²) in [6, 6.07) is 6.33. The maximum absolute atomic E-state index is 13.1. The molecule has 0 radical (unpaired) electrons. The van der Waals surface area contributed by atoms with Crippen molar-refractivity contribution in [2.24, 2.45) is 5.73 Å². The van der Waals surface area contributed by atoms with Gasteiger partial charge in [0.05, 0.1) is 0 Å². The largest absolute Gasteiger partial charge is 0.338 e. The van der Waals surface area contributed by atoms with Crippen LogP contribution >= 0.6 is 0 Å². The topological polar surface area (TPSA) is 46.3 Å². The number of nitrogens with zero attached hydrogens (tertiary/aromatic N) is 1. The second-order valence-electron chi connectivity index (χ2n) is 5.02. The van der Waals surface area contributed by atoms with Crippen molar-refractivity contribution in [1.82, 2.24) is 4.90 Å². The minimum Gasteiger partial charge on any atom is -0.338 e. The summed E-state index contributed by atoms with van der Waals surface area (Å²) in [7, 11) is 0. The Kier molecular flexibility index (Phi) is 4.32. The Hall–Kier alpha value is -1.68. The molecule has 1 aliphatic heterocycles. The quantitative estimate of drug-likeness (QED) is 0.830. The molecule has 2 rings (SSSR count). The Morgan fingerprint density at radius 1 is 1.53 bits per heavy atom. The summed E-state index contributed by atoms with van der Waals surface area (Å²) in [5, 5.41) is 0.